The summed E-state index contributed by atoms with van der Waals surface area (Å²) in [7, 11) is 0. The van der Waals surface area contributed by atoms with Gasteiger partial charge in [-0.1, -0.05) is 24.3 Å². The van der Waals surface area contributed by atoms with E-state index in [1.54, 1.807) is 23.9 Å². The van der Waals surface area contributed by atoms with Crippen LogP contribution in [0.5, 0.6) is 0 Å². The molecular weight excluding hydrogens is 434 g/mol. The van der Waals surface area contributed by atoms with Crippen LogP contribution in [0.4, 0.5) is 0 Å². The van der Waals surface area contributed by atoms with E-state index in [0.29, 0.717) is 11.5 Å². The molecule has 0 radical (unpaired) electrons. The first-order valence-electron chi connectivity index (χ1n) is 10.9. The molecule has 172 valence electrons. The maximum atomic E-state index is 12.5. The average Bonchev–Trinajstić information content (AvgIpc) is 3.22. The first-order valence-corrected chi connectivity index (χ1v) is 12.1. The van der Waals surface area contributed by atoms with Gasteiger partial charge in [0.05, 0.1) is 40.9 Å². The normalized spacial score (nSPS) is 14.9. The van der Waals surface area contributed by atoms with Crippen LogP contribution in [0.1, 0.15) is 58.2 Å². The summed E-state index contributed by atoms with van der Waals surface area (Å²) in [4.78, 5) is 9.38. The second kappa shape index (κ2) is 9.23. The number of hydrogen-bond donors (Lipinski definition) is 2. The largest absolute Gasteiger partial charge is 0.598 e. The standard InChI is InChI=1S/C25H29N5O2S/c1-16(29-33(32)25(3,4)5)20-8-6-10-22(27-20)18-12-13-19-15-26-30(23(19)14-18)24-11-7-9-21(28-24)17(2)31/h6-17,29,31H,1-5H3/t16-,17+,33?/m0/s1. The Labute approximate surface area is 197 Å². The van der Waals surface area contributed by atoms with E-state index < -0.39 is 17.5 Å². The van der Waals surface area contributed by atoms with Crippen LogP contribution in [0.3, 0.4) is 0 Å². The zero-order chi connectivity index (χ0) is 23.8. The molecule has 4 rings (SSSR count). The van der Waals surface area contributed by atoms with Crippen molar-refractivity contribution in [1.29, 1.82) is 0 Å². The molecule has 7 nitrogen and oxygen atoms in total. The first-order chi connectivity index (χ1) is 15.6. The molecule has 33 heavy (non-hydrogen) atoms. The van der Waals surface area contributed by atoms with E-state index in [9.17, 15) is 9.66 Å². The number of benzene rings is 1. The van der Waals surface area contributed by atoms with Crippen molar-refractivity contribution in [2.24, 2.45) is 0 Å². The Bertz CT molecular complexity index is 1270. The third-order valence-electron chi connectivity index (χ3n) is 5.32. The summed E-state index contributed by atoms with van der Waals surface area (Å²) < 4.78 is 17.1. The molecule has 1 unspecified atom stereocenters. The molecule has 3 aromatic heterocycles. The number of hydrogen-bond acceptors (Lipinski definition) is 6. The van der Waals surface area contributed by atoms with Gasteiger partial charge in [-0.15, -0.1) is 4.72 Å². The van der Waals surface area contributed by atoms with Gasteiger partial charge in [-0.25, -0.2) is 9.67 Å². The maximum Gasteiger partial charge on any atom is 0.154 e. The van der Waals surface area contributed by atoms with Crippen LogP contribution in [0, 0.1) is 0 Å². The molecule has 4 aromatic rings. The van der Waals surface area contributed by atoms with Gasteiger partial charge in [0.2, 0.25) is 0 Å². The zero-order valence-electron chi connectivity index (χ0n) is 19.5. The van der Waals surface area contributed by atoms with Gasteiger partial charge in [-0.3, -0.25) is 4.98 Å². The first kappa shape index (κ1) is 23.4. The minimum atomic E-state index is -1.19. The van der Waals surface area contributed by atoms with Crippen molar-refractivity contribution >= 4 is 22.3 Å². The summed E-state index contributed by atoms with van der Waals surface area (Å²) in [5.41, 5.74) is 4.08. The van der Waals surface area contributed by atoms with Crippen LogP contribution >= 0.6 is 0 Å². The highest BCUT2D eigenvalue weighted by Crippen LogP contribution is 2.26. The number of aromatic nitrogens is 4. The van der Waals surface area contributed by atoms with Crippen molar-refractivity contribution in [3.8, 4) is 17.1 Å². The summed E-state index contributed by atoms with van der Waals surface area (Å²) in [6.07, 6.45) is 1.14. The van der Waals surface area contributed by atoms with Gasteiger partial charge in [-0.2, -0.15) is 5.10 Å². The van der Waals surface area contributed by atoms with Crippen molar-refractivity contribution in [3.63, 3.8) is 0 Å². The molecule has 0 spiro atoms. The monoisotopic (exact) mass is 463 g/mol. The van der Waals surface area contributed by atoms with Gasteiger partial charge in [-0.05, 0) is 65.0 Å². The fraction of sp³-hybridized carbons (Fsp3) is 0.320. The fourth-order valence-electron chi connectivity index (χ4n) is 3.40. The lowest BCUT2D eigenvalue weighted by Crippen LogP contribution is -2.40. The Morgan fingerprint density at radius 2 is 1.73 bits per heavy atom. The number of rotatable bonds is 6. The molecule has 0 aliphatic carbocycles. The van der Waals surface area contributed by atoms with Crippen LogP contribution < -0.4 is 4.72 Å². The van der Waals surface area contributed by atoms with Gasteiger partial charge in [0.1, 0.15) is 4.75 Å². The van der Waals surface area contributed by atoms with Crippen LogP contribution in [0.15, 0.2) is 60.8 Å². The Morgan fingerprint density at radius 1 is 1.00 bits per heavy atom. The van der Waals surface area contributed by atoms with E-state index in [0.717, 1.165) is 27.9 Å². The number of aliphatic hydroxyl groups is 1. The summed E-state index contributed by atoms with van der Waals surface area (Å²) in [6.45, 7) is 9.48. The molecule has 2 N–H and O–H groups in total. The average molecular weight is 464 g/mol. The highest BCUT2D eigenvalue weighted by molar-refractivity contribution is 7.90. The van der Waals surface area contributed by atoms with Crippen molar-refractivity contribution < 1.29 is 9.66 Å². The fourth-order valence-corrected chi connectivity index (χ4v) is 4.20. The topological polar surface area (TPSA) is 98.9 Å². The van der Waals surface area contributed by atoms with E-state index in [2.05, 4.69) is 14.8 Å². The number of nitrogens with one attached hydrogen (secondary N) is 1. The molecule has 1 aromatic carbocycles. The van der Waals surface area contributed by atoms with E-state index in [1.807, 2.05) is 76.2 Å². The van der Waals surface area contributed by atoms with Crippen LogP contribution in [0.2, 0.25) is 0 Å². The number of aliphatic hydroxyl groups excluding tert-OH is 1. The minimum absolute atomic E-state index is 0.160. The number of fused-ring (bicyclic) bond motifs is 1. The van der Waals surface area contributed by atoms with Crippen LogP contribution in [0.25, 0.3) is 28.0 Å². The molecule has 0 aliphatic rings. The Hall–Kier alpha value is -2.78. The molecule has 0 fully saturated rings. The predicted molar refractivity (Wildman–Crippen MR) is 132 cm³/mol. The molecule has 3 heterocycles. The lowest BCUT2D eigenvalue weighted by Gasteiger charge is -2.26. The number of pyridine rings is 2. The van der Waals surface area contributed by atoms with E-state index in [-0.39, 0.29) is 10.8 Å². The predicted octanol–water partition coefficient (Wildman–Crippen LogP) is 4.65. The molecule has 0 saturated carbocycles. The Morgan fingerprint density at radius 3 is 2.45 bits per heavy atom. The molecule has 0 bridgehead atoms. The maximum absolute atomic E-state index is 12.5. The Kier molecular flexibility index (Phi) is 6.54. The van der Waals surface area contributed by atoms with Gasteiger partial charge in [0.25, 0.3) is 0 Å². The van der Waals surface area contributed by atoms with Crippen LogP contribution in [-0.2, 0) is 11.4 Å². The van der Waals surface area contributed by atoms with Gasteiger partial charge < -0.3 is 9.66 Å². The highest BCUT2D eigenvalue weighted by Gasteiger charge is 2.28. The van der Waals surface area contributed by atoms with Gasteiger partial charge in [0.15, 0.2) is 5.82 Å². The van der Waals surface area contributed by atoms with Crippen molar-refractivity contribution in [1.82, 2.24) is 24.5 Å². The zero-order valence-corrected chi connectivity index (χ0v) is 20.3. The second-order valence-electron chi connectivity index (χ2n) is 9.09. The second-order valence-corrected chi connectivity index (χ2v) is 11.1. The molecule has 0 aliphatic heterocycles. The van der Waals surface area contributed by atoms with Crippen molar-refractivity contribution in [3.05, 3.63) is 72.2 Å². The lowest BCUT2D eigenvalue weighted by atomic mass is 10.1. The summed E-state index contributed by atoms with van der Waals surface area (Å²) in [5, 5.41) is 15.4. The third kappa shape index (κ3) is 5.09. The van der Waals surface area contributed by atoms with E-state index >= 15 is 0 Å². The Balaban J connectivity index is 1.68. The molecule has 0 amide bonds. The summed E-state index contributed by atoms with van der Waals surface area (Å²) >= 11 is -1.19. The van der Waals surface area contributed by atoms with Crippen LogP contribution in [-0.4, -0.2) is 34.2 Å². The minimum Gasteiger partial charge on any atom is -0.598 e. The molecule has 8 heteroatoms. The van der Waals surface area contributed by atoms with Crippen molar-refractivity contribution in [2.45, 2.75) is 51.5 Å². The van der Waals surface area contributed by atoms with E-state index in [1.165, 1.54) is 0 Å². The van der Waals surface area contributed by atoms with Gasteiger partial charge >= 0.3 is 0 Å². The quantitative estimate of drug-likeness (QED) is 0.404. The lowest BCUT2D eigenvalue weighted by molar-refractivity contribution is 0.194. The smallest absolute Gasteiger partial charge is 0.154 e. The number of nitrogens with zero attached hydrogens (tertiary/aromatic N) is 4. The highest BCUT2D eigenvalue weighted by atomic mass is 32.2. The molecular formula is C25H29N5O2S. The van der Waals surface area contributed by atoms with Crippen molar-refractivity contribution in [2.75, 3.05) is 0 Å². The summed E-state index contributed by atoms with van der Waals surface area (Å²) in [5.74, 6) is 0.643. The summed E-state index contributed by atoms with van der Waals surface area (Å²) in [6, 6.07) is 17.3. The molecule has 3 atom stereocenters. The SMILES string of the molecule is C[C@H](N[S+]([O-])C(C)(C)C)c1cccc(-c2ccc3cnn(-c4cccc([C@@H](C)O)n4)c3c2)n1. The molecule has 0 saturated heterocycles. The van der Waals surface area contributed by atoms with Gasteiger partial charge in [0, 0.05) is 22.3 Å². The van der Waals surface area contributed by atoms with E-state index in [4.69, 9.17) is 4.98 Å². The third-order valence-corrected chi connectivity index (χ3v) is 7.00.